The van der Waals surface area contributed by atoms with Crippen molar-refractivity contribution in [2.45, 2.75) is 71.1 Å². The molecule has 0 amide bonds. The maximum Gasteiger partial charge on any atom is 0.0645 e. The zero-order valence-corrected chi connectivity index (χ0v) is 13.9. The Hall–Kier alpha value is -1.10. The minimum absolute atomic E-state index is 0.497. The Morgan fingerprint density at radius 3 is 1.71 bits per heavy atom. The molecule has 0 aliphatic carbocycles. The maximum atomic E-state index is 8.28. The summed E-state index contributed by atoms with van der Waals surface area (Å²) in [7, 11) is 1.58. The van der Waals surface area contributed by atoms with Crippen LogP contribution in [0, 0.1) is 22.7 Å². The van der Waals surface area contributed by atoms with Crippen LogP contribution in [-0.4, -0.2) is 26.9 Å². The molecule has 0 radical (unpaired) electrons. The summed E-state index contributed by atoms with van der Waals surface area (Å²) in [5.41, 5.74) is 0. The highest BCUT2D eigenvalue weighted by Crippen LogP contribution is 2.08. The van der Waals surface area contributed by atoms with Crippen LogP contribution in [-0.2, 0) is 9.47 Å². The minimum atomic E-state index is 0.497. The van der Waals surface area contributed by atoms with Crippen LogP contribution in [0.25, 0.3) is 0 Å². The Morgan fingerprint density at radius 1 is 0.714 bits per heavy atom. The van der Waals surface area contributed by atoms with Crippen molar-refractivity contribution in [3.63, 3.8) is 0 Å². The normalized spacial score (nSPS) is 9.33. The van der Waals surface area contributed by atoms with Crippen molar-refractivity contribution in [1.29, 1.82) is 10.5 Å². The van der Waals surface area contributed by atoms with Gasteiger partial charge in [0.1, 0.15) is 0 Å². The predicted molar refractivity (Wildman–Crippen MR) is 85.8 cm³/mol. The van der Waals surface area contributed by atoms with E-state index < -0.39 is 0 Å². The fourth-order valence-corrected chi connectivity index (χ4v) is 1.71. The number of nitriles is 2. The van der Waals surface area contributed by atoms with Crippen LogP contribution in [0.15, 0.2) is 0 Å². The second-order valence-corrected chi connectivity index (χ2v) is 4.90. The zero-order chi connectivity index (χ0) is 16.0. The summed E-state index contributed by atoms with van der Waals surface area (Å²) in [5, 5.41) is 16.1. The molecule has 0 N–H and O–H groups in total. The third-order valence-corrected chi connectivity index (χ3v) is 2.92. The number of unbranched alkanes of at least 4 members (excludes halogenated alkanes) is 7. The quantitative estimate of drug-likeness (QED) is 0.466. The fraction of sp³-hybridized carbons (Fsp3) is 0.882. The van der Waals surface area contributed by atoms with Gasteiger partial charge in [-0.2, -0.15) is 10.5 Å². The average Bonchev–Trinajstić information content (AvgIpc) is 2.51. The van der Waals surface area contributed by atoms with Crippen molar-refractivity contribution >= 4 is 0 Å². The van der Waals surface area contributed by atoms with Crippen molar-refractivity contribution < 1.29 is 9.47 Å². The summed E-state index contributed by atoms with van der Waals surface area (Å²) in [5.74, 6) is 0. The van der Waals surface area contributed by atoms with Crippen molar-refractivity contribution in [3.8, 4) is 12.1 Å². The van der Waals surface area contributed by atoms with Crippen molar-refractivity contribution in [1.82, 2.24) is 0 Å². The summed E-state index contributed by atoms with van der Waals surface area (Å²) in [4.78, 5) is 0. The lowest BCUT2D eigenvalue weighted by molar-refractivity contribution is 0.135. The molecule has 0 unspecified atom stereocenters. The molecule has 0 heterocycles. The second-order valence-electron chi connectivity index (χ2n) is 4.90. The molecular weight excluding hydrogens is 264 g/mol. The Bertz CT molecular complexity index is 256. The SMILES string of the molecule is CCCCCCCCCCOCCC#N.COCCC#N. The maximum absolute atomic E-state index is 8.28. The molecular formula is C17H32N2O2. The summed E-state index contributed by atoms with van der Waals surface area (Å²) < 4.78 is 9.86. The third-order valence-electron chi connectivity index (χ3n) is 2.92. The van der Waals surface area contributed by atoms with Crippen molar-refractivity contribution in [3.05, 3.63) is 0 Å². The molecule has 0 aromatic heterocycles. The highest BCUT2D eigenvalue weighted by atomic mass is 16.5. The summed E-state index contributed by atoms with van der Waals surface area (Å²) in [6.07, 6.45) is 11.7. The second kappa shape index (κ2) is 24.0. The van der Waals surface area contributed by atoms with Crippen LogP contribution in [0.1, 0.15) is 71.1 Å². The molecule has 21 heavy (non-hydrogen) atoms. The van der Waals surface area contributed by atoms with Gasteiger partial charge in [-0.25, -0.2) is 0 Å². The number of methoxy groups -OCH3 is 1. The van der Waals surface area contributed by atoms with Gasteiger partial charge in [-0.05, 0) is 6.42 Å². The van der Waals surface area contributed by atoms with Crippen LogP contribution in [0.2, 0.25) is 0 Å². The van der Waals surface area contributed by atoms with E-state index in [2.05, 4.69) is 17.7 Å². The van der Waals surface area contributed by atoms with Crippen LogP contribution in [0.5, 0.6) is 0 Å². The molecule has 4 nitrogen and oxygen atoms in total. The molecule has 0 atom stereocenters. The van der Waals surface area contributed by atoms with Crippen molar-refractivity contribution in [2.24, 2.45) is 0 Å². The van der Waals surface area contributed by atoms with Gasteiger partial charge < -0.3 is 9.47 Å². The monoisotopic (exact) mass is 296 g/mol. The van der Waals surface area contributed by atoms with E-state index in [-0.39, 0.29) is 0 Å². The van der Waals surface area contributed by atoms with Gasteiger partial charge in [-0.3, -0.25) is 0 Å². The van der Waals surface area contributed by atoms with Gasteiger partial charge in [0.15, 0.2) is 0 Å². The van der Waals surface area contributed by atoms with Crippen LogP contribution >= 0.6 is 0 Å². The van der Waals surface area contributed by atoms with Gasteiger partial charge >= 0.3 is 0 Å². The number of nitrogens with zero attached hydrogens (tertiary/aromatic N) is 2. The van der Waals surface area contributed by atoms with E-state index >= 15 is 0 Å². The first kappa shape index (κ1) is 22.2. The molecule has 0 fully saturated rings. The molecule has 0 saturated heterocycles. The van der Waals surface area contributed by atoms with Gasteiger partial charge in [0.25, 0.3) is 0 Å². The zero-order valence-electron chi connectivity index (χ0n) is 13.9. The predicted octanol–water partition coefficient (Wildman–Crippen LogP) is 4.60. The fourth-order valence-electron chi connectivity index (χ4n) is 1.71. The largest absolute Gasteiger partial charge is 0.384 e. The Labute approximate surface area is 131 Å². The third kappa shape index (κ3) is 27.9. The van der Waals surface area contributed by atoms with Crippen molar-refractivity contribution in [2.75, 3.05) is 26.9 Å². The Morgan fingerprint density at radius 2 is 1.24 bits per heavy atom. The first-order valence-corrected chi connectivity index (χ1v) is 8.14. The van der Waals surface area contributed by atoms with E-state index in [0.717, 1.165) is 13.0 Å². The van der Waals surface area contributed by atoms with Gasteiger partial charge in [0.05, 0.1) is 38.2 Å². The molecule has 0 aliphatic heterocycles. The highest BCUT2D eigenvalue weighted by Gasteiger charge is 1.92. The first-order valence-electron chi connectivity index (χ1n) is 8.14. The molecule has 0 aliphatic rings. The van der Waals surface area contributed by atoms with Gasteiger partial charge in [-0.15, -0.1) is 0 Å². The lowest BCUT2D eigenvalue weighted by atomic mass is 10.1. The number of rotatable bonds is 13. The summed E-state index contributed by atoms with van der Waals surface area (Å²) in [6, 6.07) is 4.02. The summed E-state index contributed by atoms with van der Waals surface area (Å²) in [6.45, 7) is 4.23. The van der Waals surface area contributed by atoms with Crippen LogP contribution in [0.3, 0.4) is 0 Å². The van der Waals surface area contributed by atoms with Crippen LogP contribution < -0.4 is 0 Å². The molecule has 0 rings (SSSR count). The standard InChI is InChI=1S/C13H25NO.C4H7NO/c1-2-3-4-5-6-7-8-9-12-15-13-10-11-14;1-6-4-2-3-5/h2-10,12-13H2,1H3;2,4H2,1H3. The van der Waals surface area contributed by atoms with E-state index in [9.17, 15) is 0 Å². The van der Waals surface area contributed by atoms with Crippen LogP contribution in [0.4, 0.5) is 0 Å². The topological polar surface area (TPSA) is 66.0 Å². The number of hydrogen-bond donors (Lipinski definition) is 0. The van der Waals surface area contributed by atoms with E-state index in [1.165, 1.54) is 44.9 Å². The lowest BCUT2D eigenvalue weighted by Gasteiger charge is -2.02. The van der Waals surface area contributed by atoms with E-state index in [1.54, 1.807) is 7.11 Å². The number of hydrogen-bond acceptors (Lipinski definition) is 4. The smallest absolute Gasteiger partial charge is 0.0645 e. The molecule has 0 spiro atoms. The molecule has 0 saturated carbocycles. The first-order chi connectivity index (χ1) is 10.3. The van der Waals surface area contributed by atoms with E-state index in [4.69, 9.17) is 15.3 Å². The summed E-state index contributed by atoms with van der Waals surface area (Å²) >= 11 is 0. The molecule has 4 heteroatoms. The van der Waals surface area contributed by atoms with Gasteiger partial charge in [0, 0.05) is 13.7 Å². The lowest BCUT2D eigenvalue weighted by Crippen LogP contribution is -1.95. The van der Waals surface area contributed by atoms with Gasteiger partial charge in [0.2, 0.25) is 0 Å². The number of ether oxygens (including phenoxy) is 2. The average molecular weight is 296 g/mol. The molecule has 0 aromatic carbocycles. The van der Waals surface area contributed by atoms with E-state index in [0.29, 0.717) is 26.1 Å². The van der Waals surface area contributed by atoms with Gasteiger partial charge in [-0.1, -0.05) is 51.9 Å². The highest BCUT2D eigenvalue weighted by molar-refractivity contribution is 4.67. The Balaban J connectivity index is 0. The molecule has 122 valence electrons. The van der Waals surface area contributed by atoms with E-state index in [1.807, 2.05) is 6.07 Å². The molecule has 0 bridgehead atoms. The molecule has 0 aromatic rings. The minimum Gasteiger partial charge on any atom is -0.384 e. The Kier molecular flexibility index (Phi) is 25.3.